The maximum Gasteiger partial charge on any atom is 0.410 e. The Hall–Kier alpha value is -1.56. The van der Waals surface area contributed by atoms with Crippen molar-refractivity contribution in [1.29, 1.82) is 0 Å². The normalized spacial score (nSPS) is 18.6. The van der Waals surface area contributed by atoms with Crippen molar-refractivity contribution in [2.45, 2.75) is 25.8 Å². The Kier molecular flexibility index (Phi) is 4.19. The fourth-order valence-electron chi connectivity index (χ4n) is 2.28. The van der Waals surface area contributed by atoms with Crippen molar-refractivity contribution in [2.75, 3.05) is 26.9 Å². The molecule has 6 nitrogen and oxygen atoms in total. The Morgan fingerprint density at radius 1 is 1.61 bits per heavy atom. The minimum atomic E-state index is -0.285. The summed E-state index contributed by atoms with van der Waals surface area (Å²) in [6.45, 7) is 3.42. The van der Waals surface area contributed by atoms with Gasteiger partial charge in [-0.3, -0.25) is 4.90 Å². The van der Waals surface area contributed by atoms with Crippen LogP contribution in [-0.4, -0.2) is 47.8 Å². The van der Waals surface area contributed by atoms with Crippen molar-refractivity contribution >= 4 is 6.09 Å². The van der Waals surface area contributed by atoms with Crippen LogP contribution in [0.2, 0.25) is 0 Å². The second-order valence-electron chi connectivity index (χ2n) is 4.24. The van der Waals surface area contributed by atoms with E-state index in [-0.39, 0.29) is 18.7 Å². The highest BCUT2D eigenvalue weighted by Crippen LogP contribution is 2.30. The zero-order valence-corrected chi connectivity index (χ0v) is 10.8. The van der Waals surface area contributed by atoms with Gasteiger partial charge >= 0.3 is 6.09 Å². The van der Waals surface area contributed by atoms with Crippen LogP contribution in [0.4, 0.5) is 4.79 Å². The molecule has 1 N–H and O–H groups in total. The first-order chi connectivity index (χ1) is 8.77. The van der Waals surface area contributed by atoms with Crippen molar-refractivity contribution in [2.24, 2.45) is 0 Å². The highest BCUT2D eigenvalue weighted by molar-refractivity contribution is 5.68. The van der Waals surface area contributed by atoms with Gasteiger partial charge in [-0.1, -0.05) is 6.92 Å². The first-order valence-electron chi connectivity index (χ1n) is 6.22. The van der Waals surface area contributed by atoms with E-state index in [1.807, 2.05) is 6.92 Å². The summed E-state index contributed by atoms with van der Waals surface area (Å²) in [6, 6.07) is 0.00930. The second-order valence-corrected chi connectivity index (χ2v) is 4.24. The van der Waals surface area contributed by atoms with E-state index in [9.17, 15) is 4.79 Å². The van der Waals surface area contributed by atoms with Crippen molar-refractivity contribution in [3.05, 3.63) is 17.7 Å². The fourth-order valence-corrected chi connectivity index (χ4v) is 2.28. The predicted octanol–water partition coefficient (Wildman–Crippen LogP) is 1.50. The lowest BCUT2D eigenvalue weighted by Crippen LogP contribution is -2.40. The third kappa shape index (κ3) is 2.48. The Balaban J connectivity index is 2.03. The monoisotopic (exact) mass is 253 g/mol. The number of carbonyl (C=O) groups excluding carboxylic acids is 1. The SMILES string of the molecule is CCC1c2nc[nH]c2CCN1C(=O)OCCOC. The van der Waals surface area contributed by atoms with E-state index < -0.39 is 0 Å². The molecule has 1 aromatic rings. The van der Waals surface area contributed by atoms with Crippen molar-refractivity contribution in [1.82, 2.24) is 14.9 Å². The molecule has 18 heavy (non-hydrogen) atoms. The summed E-state index contributed by atoms with van der Waals surface area (Å²) in [6.07, 6.45) is 3.03. The first kappa shape index (κ1) is 12.9. The molecule has 1 amide bonds. The number of H-pyrrole nitrogens is 1. The molecular weight excluding hydrogens is 234 g/mol. The highest BCUT2D eigenvalue weighted by Gasteiger charge is 2.32. The van der Waals surface area contributed by atoms with Crippen LogP contribution in [-0.2, 0) is 15.9 Å². The molecule has 0 aliphatic carbocycles. The van der Waals surface area contributed by atoms with Crippen LogP contribution >= 0.6 is 0 Å². The Labute approximate surface area is 106 Å². The molecule has 2 heterocycles. The Morgan fingerprint density at radius 3 is 3.17 bits per heavy atom. The number of ether oxygens (including phenoxy) is 2. The molecule has 0 radical (unpaired) electrons. The van der Waals surface area contributed by atoms with Gasteiger partial charge in [0.2, 0.25) is 0 Å². The van der Waals surface area contributed by atoms with Gasteiger partial charge in [0.15, 0.2) is 0 Å². The number of carbonyl (C=O) groups is 1. The summed E-state index contributed by atoms with van der Waals surface area (Å²) in [4.78, 5) is 21.2. The molecule has 100 valence electrons. The zero-order chi connectivity index (χ0) is 13.0. The molecule has 0 saturated heterocycles. The number of fused-ring (bicyclic) bond motifs is 1. The van der Waals surface area contributed by atoms with Gasteiger partial charge < -0.3 is 14.5 Å². The van der Waals surface area contributed by atoms with Crippen molar-refractivity contribution < 1.29 is 14.3 Å². The minimum Gasteiger partial charge on any atom is -0.447 e. The van der Waals surface area contributed by atoms with Crippen LogP contribution in [0.15, 0.2) is 6.33 Å². The van der Waals surface area contributed by atoms with E-state index in [4.69, 9.17) is 9.47 Å². The van der Waals surface area contributed by atoms with Gasteiger partial charge in [0.05, 0.1) is 24.7 Å². The van der Waals surface area contributed by atoms with Gasteiger partial charge in [-0.15, -0.1) is 0 Å². The number of rotatable bonds is 4. The van der Waals surface area contributed by atoms with E-state index in [0.717, 1.165) is 24.2 Å². The van der Waals surface area contributed by atoms with Gasteiger partial charge in [0.1, 0.15) is 6.61 Å². The number of methoxy groups -OCH3 is 1. The van der Waals surface area contributed by atoms with Crippen LogP contribution in [0.3, 0.4) is 0 Å². The zero-order valence-electron chi connectivity index (χ0n) is 10.8. The molecule has 1 atom stereocenters. The minimum absolute atomic E-state index is 0.00930. The van der Waals surface area contributed by atoms with Crippen LogP contribution in [0, 0.1) is 0 Å². The van der Waals surface area contributed by atoms with Gasteiger partial charge in [-0.25, -0.2) is 9.78 Å². The van der Waals surface area contributed by atoms with E-state index in [2.05, 4.69) is 9.97 Å². The number of aromatic nitrogens is 2. The molecule has 1 aromatic heterocycles. The Morgan fingerprint density at radius 2 is 2.44 bits per heavy atom. The Bertz CT molecular complexity index is 405. The predicted molar refractivity (Wildman–Crippen MR) is 65.3 cm³/mol. The van der Waals surface area contributed by atoms with Gasteiger partial charge in [-0.2, -0.15) is 0 Å². The maximum absolute atomic E-state index is 12.0. The van der Waals surface area contributed by atoms with E-state index in [1.54, 1.807) is 18.3 Å². The second kappa shape index (κ2) is 5.86. The molecule has 0 aromatic carbocycles. The molecule has 1 aliphatic rings. The van der Waals surface area contributed by atoms with E-state index >= 15 is 0 Å². The van der Waals surface area contributed by atoms with Crippen molar-refractivity contribution in [3.63, 3.8) is 0 Å². The third-order valence-corrected chi connectivity index (χ3v) is 3.18. The number of imidazole rings is 1. The van der Waals surface area contributed by atoms with Gasteiger partial charge in [-0.05, 0) is 6.42 Å². The smallest absolute Gasteiger partial charge is 0.410 e. The molecule has 0 spiro atoms. The first-order valence-corrected chi connectivity index (χ1v) is 6.22. The average molecular weight is 253 g/mol. The summed E-state index contributed by atoms with van der Waals surface area (Å²) in [7, 11) is 1.58. The standard InChI is InChI=1S/C12H19N3O3/c1-3-10-11-9(13-8-14-11)4-5-15(10)12(16)18-7-6-17-2/h8,10H,3-7H2,1-2H3,(H,13,14). The molecule has 0 bridgehead atoms. The number of hydrogen-bond donors (Lipinski definition) is 1. The summed E-state index contributed by atoms with van der Waals surface area (Å²) in [5.74, 6) is 0. The van der Waals surface area contributed by atoms with Crippen LogP contribution in [0.1, 0.15) is 30.8 Å². The summed E-state index contributed by atoms with van der Waals surface area (Å²) < 4.78 is 10.0. The third-order valence-electron chi connectivity index (χ3n) is 3.18. The molecule has 0 fully saturated rings. The number of aromatic amines is 1. The van der Waals surface area contributed by atoms with E-state index in [0.29, 0.717) is 13.2 Å². The van der Waals surface area contributed by atoms with Crippen LogP contribution in [0.5, 0.6) is 0 Å². The van der Waals surface area contributed by atoms with Gasteiger partial charge in [0, 0.05) is 25.8 Å². The van der Waals surface area contributed by atoms with E-state index in [1.165, 1.54) is 0 Å². The highest BCUT2D eigenvalue weighted by atomic mass is 16.6. The molecule has 6 heteroatoms. The largest absolute Gasteiger partial charge is 0.447 e. The lowest BCUT2D eigenvalue weighted by atomic mass is 10.0. The molecule has 1 unspecified atom stereocenters. The fraction of sp³-hybridized carbons (Fsp3) is 0.667. The summed E-state index contributed by atoms with van der Waals surface area (Å²) >= 11 is 0. The maximum atomic E-state index is 12.0. The molecule has 2 rings (SSSR count). The summed E-state index contributed by atoms with van der Waals surface area (Å²) in [5.41, 5.74) is 2.09. The lowest BCUT2D eigenvalue weighted by molar-refractivity contribution is 0.0573. The van der Waals surface area contributed by atoms with Crippen LogP contribution in [0.25, 0.3) is 0 Å². The van der Waals surface area contributed by atoms with Crippen molar-refractivity contribution in [3.8, 4) is 0 Å². The number of nitrogens with one attached hydrogen (secondary N) is 1. The quantitative estimate of drug-likeness (QED) is 0.826. The molecule has 0 saturated carbocycles. The summed E-state index contributed by atoms with van der Waals surface area (Å²) in [5, 5.41) is 0. The number of nitrogens with zero attached hydrogens (tertiary/aromatic N) is 2. The van der Waals surface area contributed by atoms with Gasteiger partial charge in [0.25, 0.3) is 0 Å². The molecular formula is C12H19N3O3. The number of hydrogen-bond acceptors (Lipinski definition) is 4. The van der Waals surface area contributed by atoms with Crippen LogP contribution < -0.4 is 0 Å². The number of amides is 1. The molecule has 1 aliphatic heterocycles. The average Bonchev–Trinajstić information content (AvgIpc) is 2.85. The topological polar surface area (TPSA) is 67.5 Å². The lowest BCUT2D eigenvalue weighted by Gasteiger charge is -2.33.